The zero-order valence-electron chi connectivity index (χ0n) is 16.9. The summed E-state index contributed by atoms with van der Waals surface area (Å²) in [5.41, 5.74) is 9.56. The maximum atomic E-state index is 2.37. The summed E-state index contributed by atoms with van der Waals surface area (Å²) in [5, 5.41) is 0. The van der Waals surface area contributed by atoms with Gasteiger partial charge in [0.25, 0.3) is 0 Å². The van der Waals surface area contributed by atoms with Crippen molar-refractivity contribution in [2.45, 2.75) is 52.9 Å². The normalized spacial score (nSPS) is 11.8. The van der Waals surface area contributed by atoms with Crippen LogP contribution in [0, 0.1) is 6.92 Å². The van der Waals surface area contributed by atoms with Crippen molar-refractivity contribution in [3.05, 3.63) is 83.4 Å². The summed E-state index contributed by atoms with van der Waals surface area (Å²) in [6.45, 7) is 13.7. The molecule has 0 saturated carbocycles. The Morgan fingerprint density at radius 3 is 1.96 bits per heavy atom. The van der Waals surface area contributed by atoms with Crippen molar-refractivity contribution in [1.29, 1.82) is 0 Å². The van der Waals surface area contributed by atoms with E-state index in [1.165, 1.54) is 38.9 Å². The second kappa shape index (κ2) is 7.11. The molecule has 26 heavy (non-hydrogen) atoms. The molecule has 0 aliphatic heterocycles. The molecule has 0 bridgehead atoms. The molecule has 0 amide bonds. The Labute approximate surface area is 158 Å². The van der Waals surface area contributed by atoms with Crippen LogP contribution in [0.5, 0.6) is 0 Å². The minimum atomic E-state index is 0.114. The number of rotatable bonds is 3. The first-order valence-electron chi connectivity index (χ1n) is 9.58. The fourth-order valence-electron chi connectivity index (χ4n) is 3.61. The molecule has 0 unspecified atom stereocenters. The van der Waals surface area contributed by atoms with Gasteiger partial charge in [-0.3, -0.25) is 0 Å². The predicted octanol–water partition coefficient (Wildman–Crippen LogP) is 7.75. The maximum absolute atomic E-state index is 2.37. The van der Waals surface area contributed by atoms with Gasteiger partial charge in [-0.05, 0) is 63.3 Å². The summed E-state index contributed by atoms with van der Waals surface area (Å²) in [6.07, 6.45) is 0. The van der Waals surface area contributed by atoms with Gasteiger partial charge >= 0.3 is 0 Å². The highest BCUT2D eigenvalue weighted by molar-refractivity contribution is 5.76. The van der Waals surface area contributed by atoms with Crippen LogP contribution in [0.15, 0.2) is 66.7 Å². The van der Waals surface area contributed by atoms with E-state index in [1.54, 1.807) is 0 Å². The molecule has 0 nitrogen and oxygen atoms in total. The van der Waals surface area contributed by atoms with E-state index in [2.05, 4.69) is 108 Å². The zero-order chi connectivity index (χ0) is 18.9. The van der Waals surface area contributed by atoms with Gasteiger partial charge in [-0.25, -0.2) is 0 Å². The van der Waals surface area contributed by atoms with Gasteiger partial charge in [-0.15, -0.1) is 0 Å². The molecule has 0 aliphatic carbocycles. The summed E-state index contributed by atoms with van der Waals surface area (Å²) in [5.74, 6) is 0.536. The van der Waals surface area contributed by atoms with Crippen LogP contribution < -0.4 is 0 Å². The fourth-order valence-corrected chi connectivity index (χ4v) is 3.61. The number of benzene rings is 3. The molecule has 0 saturated heterocycles. The van der Waals surface area contributed by atoms with Crippen LogP contribution in [0.25, 0.3) is 22.3 Å². The molecule has 0 spiro atoms. The van der Waals surface area contributed by atoms with Gasteiger partial charge in [0.1, 0.15) is 0 Å². The third-order valence-electron chi connectivity index (χ3n) is 5.21. The van der Waals surface area contributed by atoms with Crippen LogP contribution in [0.4, 0.5) is 0 Å². The Bertz CT molecular complexity index is 893. The van der Waals surface area contributed by atoms with E-state index in [0.717, 1.165) is 0 Å². The van der Waals surface area contributed by atoms with E-state index in [4.69, 9.17) is 0 Å². The van der Waals surface area contributed by atoms with Crippen LogP contribution in [0.1, 0.15) is 57.2 Å². The molecule has 0 heterocycles. The molecule has 0 aliphatic rings. The summed E-state index contributed by atoms with van der Waals surface area (Å²) < 4.78 is 0. The highest BCUT2D eigenvalue weighted by atomic mass is 14.2. The summed E-state index contributed by atoms with van der Waals surface area (Å²) in [6, 6.07) is 24.5. The molecule has 3 aromatic carbocycles. The number of hydrogen-bond acceptors (Lipinski definition) is 0. The van der Waals surface area contributed by atoms with Gasteiger partial charge in [-0.2, -0.15) is 0 Å². The van der Waals surface area contributed by atoms with Gasteiger partial charge in [0.15, 0.2) is 0 Å². The third-order valence-corrected chi connectivity index (χ3v) is 5.21. The zero-order valence-corrected chi connectivity index (χ0v) is 16.9. The van der Waals surface area contributed by atoms with Crippen molar-refractivity contribution in [3.8, 4) is 22.3 Å². The molecular weight excluding hydrogens is 312 g/mol. The molecule has 0 N–H and O–H groups in total. The molecule has 134 valence electrons. The largest absolute Gasteiger partial charge is 0.0622 e. The Hall–Kier alpha value is -2.34. The maximum Gasteiger partial charge on any atom is -0.0131 e. The first kappa shape index (κ1) is 18.5. The second-order valence-corrected chi connectivity index (χ2v) is 8.59. The van der Waals surface area contributed by atoms with Crippen LogP contribution in [0.2, 0.25) is 0 Å². The average molecular weight is 343 g/mol. The van der Waals surface area contributed by atoms with Crippen molar-refractivity contribution >= 4 is 0 Å². The quantitative estimate of drug-likeness (QED) is 0.456. The van der Waals surface area contributed by atoms with E-state index in [-0.39, 0.29) is 5.41 Å². The molecule has 3 rings (SSSR count). The van der Waals surface area contributed by atoms with Crippen molar-refractivity contribution in [1.82, 2.24) is 0 Å². The van der Waals surface area contributed by atoms with Gasteiger partial charge in [0, 0.05) is 0 Å². The van der Waals surface area contributed by atoms with E-state index in [9.17, 15) is 0 Å². The smallest absolute Gasteiger partial charge is 0.0131 e. The first-order chi connectivity index (χ1) is 12.3. The molecule has 0 atom stereocenters. The van der Waals surface area contributed by atoms with Crippen molar-refractivity contribution < 1.29 is 0 Å². The molecule has 3 aromatic rings. The van der Waals surface area contributed by atoms with Gasteiger partial charge in [0.2, 0.25) is 0 Å². The minimum Gasteiger partial charge on any atom is -0.0622 e. The van der Waals surface area contributed by atoms with Crippen LogP contribution in [-0.4, -0.2) is 0 Å². The molecular formula is C26H30. The first-order valence-corrected chi connectivity index (χ1v) is 9.58. The fraction of sp³-hybridized carbons (Fsp3) is 0.308. The van der Waals surface area contributed by atoms with Crippen LogP contribution >= 0.6 is 0 Å². The van der Waals surface area contributed by atoms with Crippen molar-refractivity contribution in [2.24, 2.45) is 0 Å². The summed E-state index contributed by atoms with van der Waals surface area (Å²) >= 11 is 0. The summed E-state index contributed by atoms with van der Waals surface area (Å²) in [4.78, 5) is 0. The van der Waals surface area contributed by atoms with Gasteiger partial charge in [-0.1, -0.05) is 95.3 Å². The average Bonchev–Trinajstić information content (AvgIpc) is 2.61. The lowest BCUT2D eigenvalue weighted by Crippen LogP contribution is -2.11. The summed E-state index contributed by atoms with van der Waals surface area (Å²) in [7, 11) is 0. The second-order valence-electron chi connectivity index (χ2n) is 8.59. The monoisotopic (exact) mass is 342 g/mol. The Morgan fingerprint density at radius 1 is 0.692 bits per heavy atom. The number of hydrogen-bond donors (Lipinski definition) is 0. The lowest BCUT2D eigenvalue weighted by molar-refractivity contribution is 0.590. The molecule has 0 fully saturated rings. The van der Waals surface area contributed by atoms with Crippen molar-refractivity contribution in [2.75, 3.05) is 0 Å². The van der Waals surface area contributed by atoms with Crippen LogP contribution in [0.3, 0.4) is 0 Å². The third kappa shape index (κ3) is 3.75. The molecule has 0 radical (unpaired) electrons. The predicted molar refractivity (Wildman–Crippen MR) is 115 cm³/mol. The lowest BCUT2D eigenvalue weighted by Gasteiger charge is -2.23. The Balaban J connectivity index is 2.24. The Morgan fingerprint density at radius 2 is 1.35 bits per heavy atom. The van der Waals surface area contributed by atoms with E-state index >= 15 is 0 Å². The van der Waals surface area contributed by atoms with Gasteiger partial charge < -0.3 is 0 Å². The van der Waals surface area contributed by atoms with E-state index in [1.807, 2.05) is 0 Å². The van der Waals surface area contributed by atoms with E-state index in [0.29, 0.717) is 5.92 Å². The highest BCUT2D eigenvalue weighted by Crippen LogP contribution is 2.36. The van der Waals surface area contributed by atoms with Gasteiger partial charge in [0.05, 0.1) is 0 Å². The minimum absolute atomic E-state index is 0.114. The topological polar surface area (TPSA) is 0 Å². The highest BCUT2D eigenvalue weighted by Gasteiger charge is 2.17. The van der Waals surface area contributed by atoms with Crippen molar-refractivity contribution in [3.63, 3.8) is 0 Å². The van der Waals surface area contributed by atoms with Crippen LogP contribution in [-0.2, 0) is 5.41 Å². The lowest BCUT2D eigenvalue weighted by atomic mass is 9.82. The molecule has 0 aromatic heterocycles. The Kier molecular flexibility index (Phi) is 5.05. The standard InChI is InChI=1S/C26H30/c1-18(2)24-13-10-14-25(19(24)3)22-15-21(20-11-8-7-9-12-20)16-23(17-22)26(4,5)6/h7-18H,1-6H3. The van der Waals surface area contributed by atoms with E-state index < -0.39 is 0 Å². The SMILES string of the molecule is Cc1c(-c2cc(-c3ccccc3)cc(C(C)(C)C)c2)cccc1C(C)C. The molecule has 0 heteroatoms.